The number of ketones is 2. The van der Waals surface area contributed by atoms with Gasteiger partial charge in [-0.15, -0.1) is 0 Å². The van der Waals surface area contributed by atoms with Gasteiger partial charge < -0.3 is 40.1 Å². The second kappa shape index (κ2) is 9.29. The van der Waals surface area contributed by atoms with Gasteiger partial charge in [0.2, 0.25) is 0 Å². The number of carbonyl (C=O) groups is 3. The average molecular weight is 537 g/mol. The molecule has 6 N–H and O–H groups in total. The molecular weight excluding hydrogens is 500 g/mol. The molecule has 4 fully saturated rings. The van der Waals surface area contributed by atoms with E-state index in [1.165, 1.54) is 0 Å². The molecule has 0 radical (unpaired) electrons. The highest BCUT2D eigenvalue weighted by atomic mass is 16.7. The van der Waals surface area contributed by atoms with Crippen molar-refractivity contribution in [1.82, 2.24) is 0 Å². The summed E-state index contributed by atoms with van der Waals surface area (Å²) in [6.07, 6.45) is -2.60. The number of rotatable bonds is 5. The SMILES string of the molecule is C[C@]12C=CC(=O)C=C1CC[C@@H]1[C@@H]2[C@H](O)C[C@@]2(C)[C@H]1CC[C@]2(O)C(=O)CO[C@H]1O[C@H](C(=O)O)[C@H](O)[C@@H](O)[C@@H]1O. The molecule has 210 valence electrons. The number of carboxylic acids is 1. The van der Waals surface area contributed by atoms with E-state index in [1.54, 1.807) is 12.2 Å². The Hall–Kier alpha value is -1.99. The molecule has 1 saturated heterocycles. The Kier molecular flexibility index (Phi) is 6.74. The summed E-state index contributed by atoms with van der Waals surface area (Å²) in [4.78, 5) is 36.8. The third-order valence-electron chi connectivity index (χ3n) is 10.3. The zero-order chi connectivity index (χ0) is 27.8. The summed E-state index contributed by atoms with van der Waals surface area (Å²) in [5, 5.41) is 62.5. The molecule has 0 spiro atoms. The molecule has 1 heterocycles. The maximum atomic E-state index is 13.5. The number of fused-ring (bicyclic) bond motifs is 5. The van der Waals surface area contributed by atoms with Crippen LogP contribution in [0.5, 0.6) is 0 Å². The maximum Gasteiger partial charge on any atom is 0.335 e. The van der Waals surface area contributed by atoms with Crippen molar-refractivity contribution in [3.05, 3.63) is 23.8 Å². The summed E-state index contributed by atoms with van der Waals surface area (Å²) < 4.78 is 10.4. The van der Waals surface area contributed by atoms with Gasteiger partial charge in [0.25, 0.3) is 0 Å². The van der Waals surface area contributed by atoms with Gasteiger partial charge >= 0.3 is 5.97 Å². The minimum atomic E-state index is -1.89. The molecule has 3 saturated carbocycles. The number of allylic oxidation sites excluding steroid dienone is 4. The van der Waals surface area contributed by atoms with Gasteiger partial charge in [-0.05, 0) is 56.1 Å². The van der Waals surface area contributed by atoms with Crippen molar-refractivity contribution < 1.29 is 54.5 Å². The number of carbonyl (C=O) groups excluding carboxylic acids is 2. The Balaban J connectivity index is 1.34. The van der Waals surface area contributed by atoms with Crippen LogP contribution in [0.2, 0.25) is 0 Å². The van der Waals surface area contributed by atoms with Crippen molar-refractivity contribution in [3.8, 4) is 0 Å². The van der Waals surface area contributed by atoms with Crippen LogP contribution in [0.4, 0.5) is 0 Å². The quantitative estimate of drug-likeness (QED) is 0.265. The van der Waals surface area contributed by atoms with Crippen molar-refractivity contribution in [2.45, 2.75) is 88.4 Å². The van der Waals surface area contributed by atoms with E-state index in [-0.39, 0.29) is 36.4 Å². The third-order valence-corrected chi connectivity index (χ3v) is 10.3. The topological polar surface area (TPSA) is 191 Å². The summed E-state index contributed by atoms with van der Waals surface area (Å²) in [7, 11) is 0. The standard InChI is InChI=1S/C27H36O11/c1-25-7-5-13(28)9-12(25)3-4-14-15-6-8-27(36,26(15,2)10-16(29)18(14)25)17(30)11-37-24-21(33)19(31)20(32)22(38-24)23(34)35/h5,7,9,14-16,18-22,24,29,31-33,36H,3-4,6,8,10-11H2,1-2H3,(H,34,35)/t14-,15-,16+,18+,19+,20+,21-,22-,24-,25-,26-,27-/m0/s1. The zero-order valence-corrected chi connectivity index (χ0v) is 21.4. The third kappa shape index (κ3) is 3.86. The molecule has 0 unspecified atom stereocenters. The van der Waals surface area contributed by atoms with Gasteiger partial charge in [-0.25, -0.2) is 4.79 Å². The number of hydrogen-bond acceptors (Lipinski definition) is 10. The zero-order valence-electron chi connectivity index (χ0n) is 21.4. The van der Waals surface area contributed by atoms with E-state index in [1.807, 2.05) is 19.9 Å². The van der Waals surface area contributed by atoms with Crippen LogP contribution in [-0.2, 0) is 23.9 Å². The van der Waals surface area contributed by atoms with Crippen molar-refractivity contribution in [2.24, 2.45) is 28.6 Å². The van der Waals surface area contributed by atoms with Crippen LogP contribution < -0.4 is 0 Å². The number of Topliss-reactive ketones (excluding diaryl/α,β-unsaturated/α-hetero) is 1. The summed E-state index contributed by atoms with van der Waals surface area (Å²) in [6, 6.07) is 0. The van der Waals surface area contributed by atoms with Gasteiger partial charge in [-0.2, -0.15) is 0 Å². The number of aliphatic hydroxyl groups is 5. The second-order valence-corrected chi connectivity index (χ2v) is 12.1. The lowest BCUT2D eigenvalue weighted by molar-refractivity contribution is -0.293. The second-order valence-electron chi connectivity index (χ2n) is 12.1. The highest BCUT2D eigenvalue weighted by molar-refractivity contribution is 6.01. The number of hydrogen-bond donors (Lipinski definition) is 6. The summed E-state index contributed by atoms with van der Waals surface area (Å²) in [6.45, 7) is 3.12. The fourth-order valence-corrected chi connectivity index (χ4v) is 8.26. The number of aliphatic hydroxyl groups excluding tert-OH is 4. The molecular formula is C27H36O11. The van der Waals surface area contributed by atoms with E-state index >= 15 is 0 Å². The molecule has 1 aliphatic heterocycles. The summed E-state index contributed by atoms with van der Waals surface area (Å²) in [5.74, 6) is -2.54. The van der Waals surface area contributed by atoms with E-state index in [9.17, 15) is 45.0 Å². The van der Waals surface area contributed by atoms with Crippen LogP contribution in [-0.4, -0.2) is 97.2 Å². The molecule has 12 atom stereocenters. The normalized spacial score (nSPS) is 50.0. The lowest BCUT2D eigenvalue weighted by Gasteiger charge is -2.59. The molecule has 38 heavy (non-hydrogen) atoms. The van der Waals surface area contributed by atoms with Gasteiger partial charge in [0.05, 0.1) is 6.10 Å². The van der Waals surface area contributed by atoms with Crippen LogP contribution in [0.3, 0.4) is 0 Å². The van der Waals surface area contributed by atoms with Crippen LogP contribution in [0.15, 0.2) is 23.8 Å². The van der Waals surface area contributed by atoms with Crippen LogP contribution in [0.25, 0.3) is 0 Å². The molecule has 0 bridgehead atoms. The van der Waals surface area contributed by atoms with Gasteiger partial charge in [-0.1, -0.05) is 25.5 Å². The molecule has 0 amide bonds. The van der Waals surface area contributed by atoms with Gasteiger partial charge in [0.15, 0.2) is 24.0 Å². The average Bonchev–Trinajstić information content (AvgIpc) is 3.13. The smallest absolute Gasteiger partial charge is 0.335 e. The Morgan fingerprint density at radius 2 is 1.82 bits per heavy atom. The molecule has 5 rings (SSSR count). The van der Waals surface area contributed by atoms with E-state index in [0.29, 0.717) is 12.8 Å². The number of ether oxygens (including phenoxy) is 2. The van der Waals surface area contributed by atoms with Crippen LogP contribution >= 0.6 is 0 Å². The minimum Gasteiger partial charge on any atom is -0.479 e. The first-order valence-corrected chi connectivity index (χ1v) is 13.2. The molecule has 0 aromatic heterocycles. The first kappa shape index (κ1) is 27.6. The fourth-order valence-electron chi connectivity index (χ4n) is 8.26. The minimum absolute atomic E-state index is 0.0166. The van der Waals surface area contributed by atoms with Gasteiger partial charge in [0.1, 0.15) is 30.5 Å². The van der Waals surface area contributed by atoms with E-state index in [2.05, 4.69) is 0 Å². The summed E-state index contributed by atoms with van der Waals surface area (Å²) >= 11 is 0. The van der Waals surface area contributed by atoms with Crippen molar-refractivity contribution in [1.29, 1.82) is 0 Å². The number of carboxylic acid groups (broad SMARTS) is 1. The van der Waals surface area contributed by atoms with Gasteiger partial charge in [-0.3, -0.25) is 9.59 Å². The van der Waals surface area contributed by atoms with E-state index < -0.39 is 71.6 Å². The lowest BCUT2D eigenvalue weighted by atomic mass is 9.46. The van der Waals surface area contributed by atoms with E-state index in [4.69, 9.17) is 9.47 Å². The first-order valence-electron chi connectivity index (χ1n) is 13.2. The van der Waals surface area contributed by atoms with Crippen molar-refractivity contribution in [3.63, 3.8) is 0 Å². The van der Waals surface area contributed by atoms with E-state index in [0.717, 1.165) is 12.0 Å². The van der Waals surface area contributed by atoms with Crippen molar-refractivity contribution in [2.75, 3.05) is 6.61 Å². The lowest BCUT2D eigenvalue weighted by Crippen LogP contribution is -2.62. The largest absolute Gasteiger partial charge is 0.479 e. The fraction of sp³-hybridized carbons (Fsp3) is 0.741. The molecule has 0 aromatic rings. The first-order chi connectivity index (χ1) is 17.7. The predicted molar refractivity (Wildman–Crippen MR) is 128 cm³/mol. The molecule has 11 nitrogen and oxygen atoms in total. The Bertz CT molecular complexity index is 1080. The Morgan fingerprint density at radius 1 is 1.11 bits per heavy atom. The Morgan fingerprint density at radius 3 is 2.50 bits per heavy atom. The maximum absolute atomic E-state index is 13.5. The molecule has 0 aromatic carbocycles. The molecule has 11 heteroatoms. The highest BCUT2D eigenvalue weighted by Gasteiger charge is 2.68. The summed E-state index contributed by atoms with van der Waals surface area (Å²) in [5.41, 5.74) is -2.29. The Labute approximate surface area is 219 Å². The number of aliphatic carboxylic acids is 1. The van der Waals surface area contributed by atoms with Crippen LogP contribution in [0.1, 0.15) is 46.0 Å². The van der Waals surface area contributed by atoms with Crippen molar-refractivity contribution >= 4 is 17.5 Å². The highest BCUT2D eigenvalue weighted by Crippen LogP contribution is 2.67. The van der Waals surface area contributed by atoms with Crippen LogP contribution in [0, 0.1) is 28.6 Å². The molecule has 4 aliphatic carbocycles. The van der Waals surface area contributed by atoms with Gasteiger partial charge in [0, 0.05) is 16.7 Å². The molecule has 5 aliphatic rings. The monoisotopic (exact) mass is 536 g/mol. The predicted octanol–water partition coefficient (Wildman–Crippen LogP) is -0.526.